The topological polar surface area (TPSA) is 112 Å². The van der Waals surface area contributed by atoms with Crippen LogP contribution in [0.3, 0.4) is 0 Å². The number of anilines is 1. The van der Waals surface area contributed by atoms with E-state index >= 15 is 0 Å². The van der Waals surface area contributed by atoms with Gasteiger partial charge in [-0.15, -0.1) is 11.3 Å². The van der Waals surface area contributed by atoms with Crippen LogP contribution in [0.5, 0.6) is 0 Å². The van der Waals surface area contributed by atoms with Crippen molar-refractivity contribution in [1.82, 2.24) is 0 Å². The molecule has 1 aromatic heterocycles. The van der Waals surface area contributed by atoms with Crippen LogP contribution in [0.4, 0.5) is 5.00 Å². The minimum Gasteiger partial charge on any atom is -0.390 e. The van der Waals surface area contributed by atoms with E-state index in [4.69, 9.17) is 17.2 Å². The van der Waals surface area contributed by atoms with Gasteiger partial charge in [-0.2, -0.15) is 0 Å². The molecule has 5 nitrogen and oxygen atoms in total. The SMILES string of the molecule is NC(=O)CCC1(CC2CC2)CCc2c(sc(N)c2C(N)=O)C1. The van der Waals surface area contributed by atoms with E-state index in [1.54, 1.807) is 0 Å². The van der Waals surface area contributed by atoms with Crippen molar-refractivity contribution in [3.05, 3.63) is 16.0 Å². The molecule has 0 radical (unpaired) electrons. The maximum Gasteiger partial charge on any atom is 0.251 e. The highest BCUT2D eigenvalue weighted by molar-refractivity contribution is 7.16. The summed E-state index contributed by atoms with van der Waals surface area (Å²) in [6.07, 6.45) is 7.73. The van der Waals surface area contributed by atoms with Crippen LogP contribution < -0.4 is 17.2 Å². The smallest absolute Gasteiger partial charge is 0.251 e. The highest BCUT2D eigenvalue weighted by Gasteiger charge is 2.41. The van der Waals surface area contributed by atoms with E-state index < -0.39 is 5.91 Å². The molecule has 2 aliphatic carbocycles. The minimum atomic E-state index is -0.429. The molecule has 1 unspecified atom stereocenters. The predicted octanol–water partition coefficient (Wildman–Crippen LogP) is 1.97. The number of hydrogen-bond acceptors (Lipinski definition) is 4. The molecular formula is C16H23N3O2S. The minimum absolute atomic E-state index is 0.134. The van der Waals surface area contributed by atoms with Crippen molar-refractivity contribution in [2.75, 3.05) is 5.73 Å². The van der Waals surface area contributed by atoms with Gasteiger partial charge in [-0.1, -0.05) is 12.8 Å². The monoisotopic (exact) mass is 321 g/mol. The van der Waals surface area contributed by atoms with Crippen LogP contribution in [0.15, 0.2) is 0 Å². The number of amides is 2. The first-order valence-corrected chi connectivity index (χ1v) is 8.70. The van der Waals surface area contributed by atoms with Gasteiger partial charge in [-0.3, -0.25) is 9.59 Å². The number of rotatable bonds is 6. The summed E-state index contributed by atoms with van der Waals surface area (Å²) in [4.78, 5) is 24.0. The van der Waals surface area contributed by atoms with E-state index in [0.29, 0.717) is 17.0 Å². The number of nitrogen functional groups attached to an aromatic ring is 1. The number of hydrogen-bond donors (Lipinski definition) is 3. The van der Waals surface area contributed by atoms with E-state index in [-0.39, 0.29) is 11.3 Å². The molecule has 0 spiro atoms. The molecule has 6 N–H and O–H groups in total. The summed E-state index contributed by atoms with van der Waals surface area (Å²) in [5.74, 6) is 0.133. The Morgan fingerprint density at radius 3 is 2.59 bits per heavy atom. The Kier molecular flexibility index (Phi) is 3.89. The molecule has 22 heavy (non-hydrogen) atoms. The van der Waals surface area contributed by atoms with Crippen LogP contribution in [0.2, 0.25) is 0 Å². The van der Waals surface area contributed by atoms with Crippen LogP contribution in [0.25, 0.3) is 0 Å². The van der Waals surface area contributed by atoms with E-state index in [0.717, 1.165) is 43.6 Å². The first kappa shape index (κ1) is 15.3. The molecule has 3 rings (SSSR count). The average molecular weight is 321 g/mol. The third-order valence-electron chi connectivity index (χ3n) is 5.13. The standard InChI is InChI=1S/C16H23N3O2S/c17-12(20)4-6-16(7-9-1-2-9)5-3-10-11(8-16)22-15(19)13(10)14(18)21/h9H,1-8,19H2,(H2,17,20)(H2,18,21). The Hall–Kier alpha value is -1.56. The van der Waals surface area contributed by atoms with Gasteiger partial charge in [0.2, 0.25) is 5.91 Å². The molecule has 2 amide bonds. The molecule has 6 heteroatoms. The summed E-state index contributed by atoms with van der Waals surface area (Å²) in [6, 6.07) is 0. The molecule has 1 atom stereocenters. The molecule has 0 bridgehead atoms. The lowest BCUT2D eigenvalue weighted by atomic mass is 9.68. The Morgan fingerprint density at radius 1 is 1.27 bits per heavy atom. The van der Waals surface area contributed by atoms with Crippen molar-refractivity contribution in [3.8, 4) is 0 Å². The van der Waals surface area contributed by atoms with Gasteiger partial charge in [0.05, 0.1) is 10.6 Å². The summed E-state index contributed by atoms with van der Waals surface area (Å²) < 4.78 is 0. The van der Waals surface area contributed by atoms with Gasteiger partial charge in [0.15, 0.2) is 0 Å². The fraction of sp³-hybridized carbons (Fsp3) is 0.625. The number of thiophene rings is 1. The lowest BCUT2D eigenvalue weighted by molar-refractivity contribution is -0.118. The number of nitrogens with two attached hydrogens (primary N) is 3. The number of carbonyl (C=O) groups excluding carboxylic acids is 2. The van der Waals surface area contributed by atoms with Gasteiger partial charge in [0.25, 0.3) is 5.91 Å². The first-order chi connectivity index (χ1) is 10.4. The Morgan fingerprint density at radius 2 is 2.00 bits per heavy atom. The summed E-state index contributed by atoms with van der Waals surface area (Å²) >= 11 is 1.49. The summed E-state index contributed by atoms with van der Waals surface area (Å²) in [5, 5.41) is 0.537. The molecule has 120 valence electrons. The maximum absolute atomic E-state index is 11.6. The third-order valence-corrected chi connectivity index (χ3v) is 6.19. The number of primary amides is 2. The van der Waals surface area contributed by atoms with E-state index in [1.807, 2.05) is 0 Å². The molecule has 0 aliphatic heterocycles. The van der Waals surface area contributed by atoms with Crippen LogP contribution in [-0.2, 0) is 17.6 Å². The van der Waals surface area contributed by atoms with Gasteiger partial charge in [-0.25, -0.2) is 0 Å². The first-order valence-electron chi connectivity index (χ1n) is 7.88. The quantitative estimate of drug-likeness (QED) is 0.744. The van der Waals surface area contributed by atoms with Crippen LogP contribution >= 0.6 is 11.3 Å². The van der Waals surface area contributed by atoms with E-state index in [9.17, 15) is 9.59 Å². The van der Waals surface area contributed by atoms with E-state index in [1.165, 1.54) is 29.1 Å². The molecule has 1 heterocycles. The highest BCUT2D eigenvalue weighted by atomic mass is 32.1. The van der Waals surface area contributed by atoms with E-state index in [2.05, 4.69) is 0 Å². The van der Waals surface area contributed by atoms with Crippen molar-refractivity contribution in [2.24, 2.45) is 22.8 Å². The molecule has 1 fully saturated rings. The zero-order chi connectivity index (χ0) is 15.9. The summed E-state index contributed by atoms with van der Waals surface area (Å²) in [5.41, 5.74) is 18.5. The molecular weight excluding hydrogens is 298 g/mol. The highest BCUT2D eigenvalue weighted by Crippen LogP contribution is 2.51. The van der Waals surface area contributed by atoms with Gasteiger partial charge >= 0.3 is 0 Å². The second kappa shape index (κ2) is 5.57. The zero-order valence-corrected chi connectivity index (χ0v) is 13.5. The second-order valence-corrected chi connectivity index (χ2v) is 8.03. The van der Waals surface area contributed by atoms with Crippen LogP contribution in [0.1, 0.15) is 59.3 Å². The van der Waals surface area contributed by atoms with Crippen molar-refractivity contribution in [3.63, 3.8) is 0 Å². The van der Waals surface area contributed by atoms with Crippen LogP contribution in [-0.4, -0.2) is 11.8 Å². The third kappa shape index (κ3) is 2.97. The Balaban J connectivity index is 1.86. The molecule has 0 aromatic carbocycles. The van der Waals surface area contributed by atoms with Gasteiger partial charge in [-0.05, 0) is 49.0 Å². The predicted molar refractivity (Wildman–Crippen MR) is 87.5 cm³/mol. The van der Waals surface area contributed by atoms with Gasteiger partial charge in [0.1, 0.15) is 0 Å². The van der Waals surface area contributed by atoms with Crippen molar-refractivity contribution >= 4 is 28.2 Å². The number of carbonyl (C=O) groups is 2. The summed E-state index contributed by atoms with van der Waals surface area (Å²) in [7, 11) is 0. The largest absolute Gasteiger partial charge is 0.390 e. The molecule has 0 saturated heterocycles. The maximum atomic E-state index is 11.6. The van der Waals surface area contributed by atoms with Gasteiger partial charge < -0.3 is 17.2 Å². The fourth-order valence-corrected chi connectivity index (χ4v) is 5.14. The molecule has 1 saturated carbocycles. The molecule has 2 aliphatic rings. The number of fused-ring (bicyclic) bond motifs is 1. The van der Waals surface area contributed by atoms with Crippen molar-refractivity contribution < 1.29 is 9.59 Å². The Labute approximate surface area is 134 Å². The normalized spacial score (nSPS) is 24.0. The molecule has 1 aromatic rings. The summed E-state index contributed by atoms with van der Waals surface area (Å²) in [6.45, 7) is 0. The van der Waals surface area contributed by atoms with Crippen molar-refractivity contribution in [1.29, 1.82) is 0 Å². The lowest BCUT2D eigenvalue weighted by Gasteiger charge is -2.37. The van der Waals surface area contributed by atoms with Gasteiger partial charge in [0, 0.05) is 11.3 Å². The Bertz CT molecular complexity index is 621. The van der Waals surface area contributed by atoms with Crippen LogP contribution in [0, 0.1) is 11.3 Å². The zero-order valence-electron chi connectivity index (χ0n) is 12.7. The second-order valence-electron chi connectivity index (χ2n) is 6.90. The lowest BCUT2D eigenvalue weighted by Crippen LogP contribution is -2.31. The van der Waals surface area contributed by atoms with Crippen molar-refractivity contribution in [2.45, 2.75) is 51.4 Å². The fourth-order valence-electron chi connectivity index (χ4n) is 3.84. The average Bonchev–Trinajstić information content (AvgIpc) is 3.16.